The van der Waals surface area contributed by atoms with Crippen molar-refractivity contribution in [2.45, 2.75) is 51.4 Å². The number of aryl methyl sites for hydroxylation is 1. The van der Waals surface area contributed by atoms with Gasteiger partial charge in [-0.2, -0.15) is 0 Å². The second kappa shape index (κ2) is 8.15. The maximum Gasteiger partial charge on any atom is 0.128 e. The van der Waals surface area contributed by atoms with E-state index in [0.717, 1.165) is 56.9 Å². The van der Waals surface area contributed by atoms with Crippen LogP contribution in [-0.2, 0) is 28.9 Å². The lowest BCUT2D eigenvalue weighted by Crippen LogP contribution is -2.39. The molecule has 6 heteroatoms. The standard InChI is InChI=1S/C17H27N3O3/c1-2-17-18-8-13-5-6-20(10-16(13)19-17)9-14(21)11-22-12-15-4-3-7-23-15/h8,14-15,21H,2-7,9-12H2,1H3/t14-,15+/m1/s1. The van der Waals surface area contributed by atoms with Gasteiger partial charge in [-0.25, -0.2) is 9.97 Å². The minimum absolute atomic E-state index is 0.216. The topological polar surface area (TPSA) is 67.7 Å². The molecular weight excluding hydrogens is 294 g/mol. The zero-order valence-electron chi connectivity index (χ0n) is 13.9. The molecule has 0 aliphatic carbocycles. The number of β-amino-alcohol motifs (C(OH)–C–C–N with tert-alkyl or cyclic N) is 1. The Morgan fingerprint density at radius 3 is 3.22 bits per heavy atom. The van der Waals surface area contributed by atoms with Crippen LogP contribution >= 0.6 is 0 Å². The molecule has 1 saturated heterocycles. The molecule has 1 N–H and O–H groups in total. The highest BCUT2D eigenvalue weighted by molar-refractivity contribution is 5.20. The predicted octanol–water partition coefficient (Wildman–Crippen LogP) is 0.954. The molecule has 3 rings (SSSR count). The van der Waals surface area contributed by atoms with Crippen molar-refractivity contribution in [2.24, 2.45) is 0 Å². The minimum Gasteiger partial charge on any atom is -0.389 e. The summed E-state index contributed by atoms with van der Waals surface area (Å²) in [6.45, 7) is 6.21. The third kappa shape index (κ3) is 4.70. The summed E-state index contributed by atoms with van der Waals surface area (Å²) < 4.78 is 11.1. The Hall–Kier alpha value is -1.08. The van der Waals surface area contributed by atoms with Crippen LogP contribution in [0.3, 0.4) is 0 Å². The van der Waals surface area contributed by atoms with Gasteiger partial charge < -0.3 is 14.6 Å². The fourth-order valence-corrected chi connectivity index (χ4v) is 3.19. The van der Waals surface area contributed by atoms with Crippen LogP contribution in [0.15, 0.2) is 6.20 Å². The molecule has 1 aromatic rings. The largest absolute Gasteiger partial charge is 0.389 e. The molecule has 0 unspecified atom stereocenters. The second-order valence-corrected chi connectivity index (χ2v) is 6.42. The first-order valence-electron chi connectivity index (χ1n) is 8.68. The number of hydrogen-bond donors (Lipinski definition) is 1. The van der Waals surface area contributed by atoms with Crippen molar-refractivity contribution in [1.29, 1.82) is 0 Å². The molecule has 2 atom stereocenters. The van der Waals surface area contributed by atoms with Crippen LogP contribution in [0.2, 0.25) is 0 Å². The van der Waals surface area contributed by atoms with Crippen LogP contribution in [-0.4, -0.2) is 65.1 Å². The van der Waals surface area contributed by atoms with Gasteiger partial charge in [0.2, 0.25) is 0 Å². The summed E-state index contributed by atoms with van der Waals surface area (Å²) in [6.07, 6.45) is 5.69. The minimum atomic E-state index is -0.467. The number of ether oxygens (including phenoxy) is 2. The molecule has 2 aliphatic rings. The molecule has 128 valence electrons. The summed E-state index contributed by atoms with van der Waals surface area (Å²) in [6, 6.07) is 0. The summed E-state index contributed by atoms with van der Waals surface area (Å²) >= 11 is 0. The summed E-state index contributed by atoms with van der Waals surface area (Å²) in [5, 5.41) is 10.2. The molecule has 1 aromatic heterocycles. The molecule has 6 nitrogen and oxygen atoms in total. The van der Waals surface area contributed by atoms with Gasteiger partial charge in [0.25, 0.3) is 0 Å². The number of aliphatic hydroxyl groups is 1. The molecule has 3 heterocycles. The molecule has 1 fully saturated rings. The number of hydrogen-bond acceptors (Lipinski definition) is 6. The van der Waals surface area contributed by atoms with Crippen LogP contribution in [0, 0.1) is 0 Å². The SMILES string of the molecule is CCc1ncc2c(n1)CN(C[C@@H](O)COC[C@@H]1CCCO1)CC2. The van der Waals surface area contributed by atoms with Crippen LogP contribution < -0.4 is 0 Å². The molecular formula is C17H27N3O3. The summed E-state index contributed by atoms with van der Waals surface area (Å²) in [5.74, 6) is 0.894. The third-order valence-electron chi connectivity index (χ3n) is 4.50. The molecule has 0 amide bonds. The Morgan fingerprint density at radius 1 is 1.52 bits per heavy atom. The fourth-order valence-electron chi connectivity index (χ4n) is 3.19. The van der Waals surface area contributed by atoms with Crippen molar-refractivity contribution in [3.05, 3.63) is 23.3 Å². The van der Waals surface area contributed by atoms with E-state index in [2.05, 4.69) is 21.8 Å². The fraction of sp³-hybridized carbons (Fsp3) is 0.765. The van der Waals surface area contributed by atoms with E-state index in [1.54, 1.807) is 0 Å². The number of aromatic nitrogens is 2. The maximum absolute atomic E-state index is 10.2. The summed E-state index contributed by atoms with van der Waals surface area (Å²) in [4.78, 5) is 11.2. The first-order chi connectivity index (χ1) is 11.2. The van der Waals surface area contributed by atoms with E-state index in [0.29, 0.717) is 19.8 Å². The van der Waals surface area contributed by atoms with Crippen molar-refractivity contribution in [2.75, 3.05) is 32.9 Å². The van der Waals surface area contributed by atoms with Gasteiger partial charge in [-0.15, -0.1) is 0 Å². The number of nitrogens with zero attached hydrogens (tertiary/aromatic N) is 3. The van der Waals surface area contributed by atoms with E-state index in [1.165, 1.54) is 5.56 Å². The van der Waals surface area contributed by atoms with Crippen LogP contribution in [0.5, 0.6) is 0 Å². The van der Waals surface area contributed by atoms with Gasteiger partial charge >= 0.3 is 0 Å². The molecule has 0 radical (unpaired) electrons. The summed E-state index contributed by atoms with van der Waals surface area (Å²) in [5.41, 5.74) is 2.35. The van der Waals surface area contributed by atoms with E-state index in [9.17, 15) is 5.11 Å². The smallest absolute Gasteiger partial charge is 0.128 e. The predicted molar refractivity (Wildman–Crippen MR) is 86.2 cm³/mol. The van der Waals surface area contributed by atoms with Crippen LogP contribution in [0.25, 0.3) is 0 Å². The average molecular weight is 321 g/mol. The van der Waals surface area contributed by atoms with Crippen molar-refractivity contribution in [3.63, 3.8) is 0 Å². The molecule has 2 aliphatic heterocycles. The van der Waals surface area contributed by atoms with Gasteiger partial charge in [0, 0.05) is 38.9 Å². The Morgan fingerprint density at radius 2 is 2.43 bits per heavy atom. The first kappa shape index (κ1) is 16.8. The molecule has 23 heavy (non-hydrogen) atoms. The highest BCUT2D eigenvalue weighted by atomic mass is 16.5. The maximum atomic E-state index is 10.2. The van der Waals surface area contributed by atoms with Crippen molar-refractivity contribution >= 4 is 0 Å². The van der Waals surface area contributed by atoms with Crippen molar-refractivity contribution in [1.82, 2.24) is 14.9 Å². The number of rotatable bonds is 7. The van der Waals surface area contributed by atoms with Gasteiger partial charge in [0.15, 0.2) is 0 Å². The lowest BCUT2D eigenvalue weighted by Gasteiger charge is -2.29. The van der Waals surface area contributed by atoms with E-state index in [4.69, 9.17) is 9.47 Å². The highest BCUT2D eigenvalue weighted by Gasteiger charge is 2.21. The van der Waals surface area contributed by atoms with E-state index in [1.807, 2.05) is 6.20 Å². The lowest BCUT2D eigenvalue weighted by molar-refractivity contribution is -0.0262. The molecule has 0 saturated carbocycles. The summed E-state index contributed by atoms with van der Waals surface area (Å²) in [7, 11) is 0. The Bertz CT molecular complexity index is 506. The quantitative estimate of drug-likeness (QED) is 0.807. The van der Waals surface area contributed by atoms with Crippen LogP contribution in [0.4, 0.5) is 0 Å². The molecule has 0 aromatic carbocycles. The van der Waals surface area contributed by atoms with Crippen molar-refractivity contribution in [3.8, 4) is 0 Å². The van der Waals surface area contributed by atoms with E-state index >= 15 is 0 Å². The lowest BCUT2D eigenvalue weighted by atomic mass is 10.1. The zero-order valence-corrected chi connectivity index (χ0v) is 13.9. The third-order valence-corrected chi connectivity index (χ3v) is 4.50. The Labute approximate surface area is 137 Å². The second-order valence-electron chi connectivity index (χ2n) is 6.42. The highest BCUT2D eigenvalue weighted by Crippen LogP contribution is 2.17. The van der Waals surface area contributed by atoms with E-state index in [-0.39, 0.29) is 6.10 Å². The number of aliphatic hydroxyl groups excluding tert-OH is 1. The Balaban J connectivity index is 1.42. The van der Waals surface area contributed by atoms with Gasteiger partial charge in [-0.3, -0.25) is 4.90 Å². The Kier molecular flexibility index (Phi) is 5.94. The molecule has 0 spiro atoms. The van der Waals surface area contributed by atoms with Gasteiger partial charge in [-0.1, -0.05) is 6.92 Å². The average Bonchev–Trinajstić information content (AvgIpc) is 3.07. The monoisotopic (exact) mass is 321 g/mol. The normalized spacial score (nSPS) is 23.0. The van der Waals surface area contributed by atoms with Gasteiger partial charge in [0.05, 0.1) is 31.1 Å². The zero-order chi connectivity index (χ0) is 16.1. The van der Waals surface area contributed by atoms with Gasteiger partial charge in [-0.05, 0) is 24.8 Å². The molecule has 0 bridgehead atoms. The van der Waals surface area contributed by atoms with E-state index < -0.39 is 6.10 Å². The van der Waals surface area contributed by atoms with Crippen LogP contribution in [0.1, 0.15) is 36.8 Å². The van der Waals surface area contributed by atoms with Crippen molar-refractivity contribution < 1.29 is 14.6 Å². The van der Waals surface area contributed by atoms with Gasteiger partial charge in [0.1, 0.15) is 5.82 Å². The first-order valence-corrected chi connectivity index (χ1v) is 8.68. The number of fused-ring (bicyclic) bond motifs is 1.